The molecule has 2 aromatic rings. The average Bonchev–Trinajstić information content (AvgIpc) is 2.43. The van der Waals surface area contributed by atoms with E-state index in [4.69, 9.17) is 4.74 Å². The molecule has 0 aliphatic heterocycles. The molecule has 0 aromatic heterocycles. The number of rotatable bonds is 4. The molecule has 4 heteroatoms. The first kappa shape index (κ1) is 15.9. The smallest absolute Gasteiger partial charge is 0.201 e. The lowest BCUT2D eigenvalue weighted by Crippen LogP contribution is -2.23. The number of phenolic OH excluding ortho intramolecular Hbond substituents is 2. The first-order valence-corrected chi connectivity index (χ1v) is 7.09. The highest BCUT2D eigenvalue weighted by molar-refractivity contribution is 6.00. The van der Waals surface area contributed by atoms with E-state index in [1.165, 1.54) is 12.1 Å². The van der Waals surface area contributed by atoms with Gasteiger partial charge in [-0.3, -0.25) is 4.79 Å². The van der Waals surface area contributed by atoms with Crippen molar-refractivity contribution in [1.29, 1.82) is 0 Å². The van der Waals surface area contributed by atoms with Gasteiger partial charge in [-0.05, 0) is 38.5 Å². The molecule has 0 aliphatic rings. The number of Topliss-reactive ketones (excluding diaryl/α,β-unsaturated/α-hetero) is 1. The molecule has 0 saturated carbocycles. The van der Waals surface area contributed by atoms with Crippen LogP contribution in [0.15, 0.2) is 42.5 Å². The Bertz CT molecular complexity index is 669. The molecule has 0 atom stereocenters. The van der Waals surface area contributed by atoms with E-state index in [0.29, 0.717) is 0 Å². The fourth-order valence-electron chi connectivity index (χ4n) is 2.07. The van der Waals surface area contributed by atoms with Crippen molar-refractivity contribution in [3.63, 3.8) is 0 Å². The van der Waals surface area contributed by atoms with Crippen LogP contribution >= 0.6 is 0 Å². The number of ether oxygens (including phenoxy) is 1. The van der Waals surface area contributed by atoms with Crippen LogP contribution in [-0.4, -0.2) is 21.6 Å². The van der Waals surface area contributed by atoms with Gasteiger partial charge in [0.05, 0.1) is 5.56 Å². The summed E-state index contributed by atoms with van der Waals surface area (Å²) in [7, 11) is 0. The fourth-order valence-corrected chi connectivity index (χ4v) is 2.07. The topological polar surface area (TPSA) is 66.8 Å². The van der Waals surface area contributed by atoms with Gasteiger partial charge in [-0.1, -0.05) is 30.3 Å². The molecule has 0 amide bonds. The quantitative estimate of drug-likeness (QED) is 0.667. The largest absolute Gasteiger partial charge is 0.504 e. The van der Waals surface area contributed by atoms with Gasteiger partial charge in [0.1, 0.15) is 5.60 Å². The molecule has 2 rings (SSSR count). The summed E-state index contributed by atoms with van der Waals surface area (Å²) in [6.07, 6.45) is 0.160. The van der Waals surface area contributed by atoms with Gasteiger partial charge in [-0.25, -0.2) is 0 Å². The third kappa shape index (κ3) is 3.79. The Hall–Kier alpha value is -2.49. The zero-order valence-corrected chi connectivity index (χ0v) is 13.0. The molecule has 116 valence electrons. The van der Waals surface area contributed by atoms with Crippen LogP contribution in [0, 0.1) is 0 Å². The minimum absolute atomic E-state index is 0.0858. The average molecular weight is 300 g/mol. The van der Waals surface area contributed by atoms with Crippen LogP contribution in [0.3, 0.4) is 0 Å². The van der Waals surface area contributed by atoms with Crippen molar-refractivity contribution in [1.82, 2.24) is 0 Å². The summed E-state index contributed by atoms with van der Waals surface area (Å²) in [4.78, 5) is 12.3. The third-order valence-corrected chi connectivity index (χ3v) is 3.04. The number of aromatic hydroxyl groups is 2. The Balaban J connectivity index is 2.25. The molecule has 0 heterocycles. The van der Waals surface area contributed by atoms with Crippen LogP contribution in [0.4, 0.5) is 0 Å². The van der Waals surface area contributed by atoms with Gasteiger partial charge in [-0.2, -0.15) is 0 Å². The highest BCUT2D eigenvalue weighted by Gasteiger charge is 2.21. The van der Waals surface area contributed by atoms with Crippen LogP contribution in [0.2, 0.25) is 0 Å². The second-order valence-corrected chi connectivity index (χ2v) is 6.11. The van der Waals surface area contributed by atoms with Gasteiger partial charge in [-0.15, -0.1) is 0 Å². The number of carbonyl (C=O) groups is 1. The summed E-state index contributed by atoms with van der Waals surface area (Å²) in [5.41, 5.74) is 0.420. The molecular weight excluding hydrogens is 280 g/mol. The van der Waals surface area contributed by atoms with Crippen LogP contribution in [0.5, 0.6) is 17.2 Å². The van der Waals surface area contributed by atoms with Crippen molar-refractivity contribution in [3.05, 3.63) is 53.6 Å². The van der Waals surface area contributed by atoms with Crippen LogP contribution in [-0.2, 0) is 6.42 Å². The van der Waals surface area contributed by atoms with E-state index in [0.717, 1.165) is 5.56 Å². The number of phenols is 2. The molecule has 0 aliphatic carbocycles. The summed E-state index contributed by atoms with van der Waals surface area (Å²) >= 11 is 0. The van der Waals surface area contributed by atoms with E-state index in [2.05, 4.69) is 0 Å². The van der Waals surface area contributed by atoms with Crippen molar-refractivity contribution in [2.75, 3.05) is 0 Å². The minimum atomic E-state index is -0.514. The maximum Gasteiger partial charge on any atom is 0.201 e. The monoisotopic (exact) mass is 300 g/mol. The van der Waals surface area contributed by atoms with E-state index in [1.807, 2.05) is 51.1 Å². The van der Waals surface area contributed by atoms with Crippen LogP contribution in [0.1, 0.15) is 36.7 Å². The molecule has 4 nitrogen and oxygen atoms in total. The molecule has 2 aromatic carbocycles. The van der Waals surface area contributed by atoms with Crippen molar-refractivity contribution in [3.8, 4) is 17.2 Å². The summed E-state index contributed by atoms with van der Waals surface area (Å²) in [6.45, 7) is 5.49. The molecule has 0 radical (unpaired) electrons. The summed E-state index contributed by atoms with van der Waals surface area (Å²) in [5.74, 6) is -0.959. The van der Waals surface area contributed by atoms with E-state index < -0.39 is 17.1 Å². The lowest BCUT2D eigenvalue weighted by atomic mass is 10.0. The number of hydrogen-bond donors (Lipinski definition) is 2. The highest BCUT2D eigenvalue weighted by Crippen LogP contribution is 2.39. The molecule has 0 unspecified atom stereocenters. The van der Waals surface area contributed by atoms with Gasteiger partial charge in [0.15, 0.2) is 17.3 Å². The van der Waals surface area contributed by atoms with Crippen molar-refractivity contribution < 1.29 is 19.7 Å². The molecule has 0 saturated heterocycles. The van der Waals surface area contributed by atoms with Crippen molar-refractivity contribution in [2.45, 2.75) is 32.8 Å². The summed E-state index contributed by atoms with van der Waals surface area (Å²) in [5, 5.41) is 20.1. The second-order valence-electron chi connectivity index (χ2n) is 6.11. The number of ketones is 1. The Morgan fingerprint density at radius 2 is 1.64 bits per heavy atom. The first-order chi connectivity index (χ1) is 10.3. The molecule has 0 fully saturated rings. The van der Waals surface area contributed by atoms with Gasteiger partial charge in [0.25, 0.3) is 0 Å². The second kappa shape index (κ2) is 6.10. The zero-order valence-electron chi connectivity index (χ0n) is 13.0. The normalized spacial score (nSPS) is 11.2. The number of hydrogen-bond acceptors (Lipinski definition) is 4. The Labute approximate surface area is 130 Å². The van der Waals surface area contributed by atoms with Crippen molar-refractivity contribution >= 4 is 5.78 Å². The van der Waals surface area contributed by atoms with Crippen LogP contribution in [0.25, 0.3) is 0 Å². The van der Waals surface area contributed by atoms with E-state index in [1.54, 1.807) is 0 Å². The van der Waals surface area contributed by atoms with Crippen molar-refractivity contribution in [2.24, 2.45) is 0 Å². The fraction of sp³-hybridized carbons (Fsp3) is 0.278. The van der Waals surface area contributed by atoms with Gasteiger partial charge < -0.3 is 14.9 Å². The summed E-state index contributed by atoms with van der Waals surface area (Å²) < 4.78 is 5.55. The SMILES string of the molecule is CC(C)(C)Oc1ccc(C(=O)Cc2ccccc2)c(O)c1O. The summed E-state index contributed by atoms with van der Waals surface area (Å²) in [6, 6.07) is 12.2. The molecular formula is C18H20O4. The molecule has 2 N–H and O–H groups in total. The zero-order chi connectivity index (χ0) is 16.3. The maximum absolute atomic E-state index is 12.3. The molecule has 0 spiro atoms. The van der Waals surface area contributed by atoms with Gasteiger partial charge >= 0.3 is 0 Å². The predicted molar refractivity (Wildman–Crippen MR) is 84.6 cm³/mol. The Kier molecular flexibility index (Phi) is 4.40. The highest BCUT2D eigenvalue weighted by atomic mass is 16.5. The van der Waals surface area contributed by atoms with Gasteiger partial charge in [0.2, 0.25) is 5.75 Å². The minimum Gasteiger partial charge on any atom is -0.504 e. The Morgan fingerprint density at radius 1 is 1.00 bits per heavy atom. The number of carbonyl (C=O) groups excluding carboxylic acids is 1. The third-order valence-electron chi connectivity index (χ3n) is 3.04. The Morgan fingerprint density at radius 3 is 2.23 bits per heavy atom. The lowest BCUT2D eigenvalue weighted by Gasteiger charge is -2.22. The van der Waals surface area contributed by atoms with Gasteiger partial charge in [0, 0.05) is 6.42 Å². The standard InChI is InChI=1S/C18H20O4/c1-18(2,3)22-15-10-9-13(16(20)17(15)21)14(19)11-12-7-5-4-6-8-12/h4-10,20-21H,11H2,1-3H3. The predicted octanol–water partition coefficient (Wildman–Crippen LogP) is 3.70. The van der Waals surface area contributed by atoms with E-state index in [-0.39, 0.29) is 23.5 Å². The lowest BCUT2D eigenvalue weighted by molar-refractivity contribution is 0.0989. The first-order valence-electron chi connectivity index (χ1n) is 7.09. The number of benzene rings is 2. The van der Waals surface area contributed by atoms with Crippen LogP contribution < -0.4 is 4.74 Å². The molecule has 0 bridgehead atoms. The molecule has 22 heavy (non-hydrogen) atoms. The maximum atomic E-state index is 12.3. The van der Waals surface area contributed by atoms with E-state index in [9.17, 15) is 15.0 Å². The van der Waals surface area contributed by atoms with E-state index >= 15 is 0 Å².